The predicted octanol–water partition coefficient (Wildman–Crippen LogP) is 14.3. The van der Waals surface area contributed by atoms with Crippen LogP contribution in [0.5, 0.6) is 11.5 Å². The Morgan fingerprint density at radius 3 is 2.24 bits per heavy atom. The summed E-state index contributed by atoms with van der Waals surface area (Å²) in [4.78, 5) is 4.80. The first-order chi connectivity index (χ1) is 34.2. The van der Waals surface area contributed by atoms with Gasteiger partial charge in [-0.2, -0.15) is 12.1 Å². The van der Waals surface area contributed by atoms with Gasteiger partial charge in [-0.25, -0.2) is 4.98 Å². The topological polar surface area (TPSA) is 33.1 Å². The number of benzene rings is 7. The fourth-order valence-electron chi connectivity index (χ4n) is 7.84. The SMILES string of the molecule is [2H]c1cc([2H])c(-c2cccc(-c3c([2H])c([2H])c([2H])c([2H])c3[2H])c2[N+]2=C=[N+](c3[c-]c(Oc4[c-]c5c(cc4)c4ccccc4n5-c4cc(C(C)(C)C)ccn4)ccc3)c3cccc(C([2H])([2H])C(C)C)c32)c([2H])c1[2H].[Pt+2]. The van der Waals surface area contributed by atoms with E-state index in [-0.39, 0.29) is 77.8 Å². The standard InChI is InChI=1S/C56H46N4O.Pt/c1-38(2)33-41-21-14-28-51-54(41)59(55-46(39-17-8-6-9-18-39)25-16-26-47(55)40-19-10-7-11-20-40)37-58(51)43-22-15-23-44(35-43)61-45-29-30-49-48-24-12-13-27-50(48)60(52(49)36-45)53-34-42(31-32-57-53)56(3,4)5;/h6-32,34,38H,33H2,1-5H3;/q;+2/i6D,7D,8D,9D,10D,17D,18D,19D,20D,33D2;. The third-order valence-electron chi connectivity index (χ3n) is 10.6. The maximum atomic E-state index is 9.50. The molecule has 3 heterocycles. The predicted molar refractivity (Wildman–Crippen MR) is 252 cm³/mol. The molecule has 0 fully saturated rings. The van der Waals surface area contributed by atoms with Crippen LogP contribution in [-0.4, -0.2) is 15.6 Å². The summed E-state index contributed by atoms with van der Waals surface area (Å²) in [7, 11) is 0. The van der Waals surface area contributed by atoms with Gasteiger partial charge in [0.25, 0.3) is 5.69 Å². The molecule has 9 aromatic rings. The molecule has 1 aliphatic rings. The quantitative estimate of drug-likeness (QED) is 0.107. The van der Waals surface area contributed by atoms with Gasteiger partial charge in [0.2, 0.25) is 5.69 Å². The second-order valence-corrected chi connectivity index (χ2v) is 16.1. The Balaban J connectivity index is 0.00000656. The summed E-state index contributed by atoms with van der Waals surface area (Å²) < 4.78 is 110. The maximum Gasteiger partial charge on any atom is 2.00 e. The van der Waals surface area contributed by atoms with Crippen molar-refractivity contribution >= 4 is 50.6 Å². The van der Waals surface area contributed by atoms with Crippen molar-refractivity contribution in [2.24, 2.45) is 5.92 Å². The van der Waals surface area contributed by atoms with Crippen LogP contribution in [0.15, 0.2) is 170 Å². The van der Waals surface area contributed by atoms with Crippen molar-refractivity contribution in [3.63, 3.8) is 0 Å². The first kappa shape index (κ1) is 29.6. The van der Waals surface area contributed by atoms with Gasteiger partial charge < -0.3 is 9.30 Å². The van der Waals surface area contributed by atoms with Crippen LogP contribution in [0.4, 0.5) is 22.7 Å². The number of aromatic nitrogens is 2. The molecular formula is C56H46N4OPt+2. The number of hydrogen-bond acceptors (Lipinski definition) is 2. The zero-order chi connectivity index (χ0) is 51.3. The molecule has 10 rings (SSSR count). The Bertz CT molecular complexity index is 3810. The van der Waals surface area contributed by atoms with Crippen molar-refractivity contribution in [1.82, 2.24) is 18.7 Å². The number of fused-ring (bicyclic) bond motifs is 4. The van der Waals surface area contributed by atoms with Gasteiger partial charge in [-0.15, -0.1) is 23.6 Å². The van der Waals surface area contributed by atoms with Gasteiger partial charge in [-0.1, -0.05) is 154 Å². The van der Waals surface area contributed by atoms with Gasteiger partial charge in [0.05, 0.1) is 23.5 Å². The minimum Gasteiger partial charge on any atom is -0.509 e. The zero-order valence-electron chi connectivity index (χ0n) is 45.6. The molecule has 304 valence electrons. The Morgan fingerprint density at radius 1 is 0.726 bits per heavy atom. The molecule has 6 heteroatoms. The summed E-state index contributed by atoms with van der Waals surface area (Å²) in [5.74, 6) is 0.894. The largest absolute Gasteiger partial charge is 2.00 e. The van der Waals surface area contributed by atoms with Crippen molar-refractivity contribution < 1.29 is 40.9 Å². The first-order valence-electron chi connectivity index (χ1n) is 25.6. The number of hydrogen-bond donors (Lipinski definition) is 0. The van der Waals surface area contributed by atoms with Crippen molar-refractivity contribution in [2.75, 3.05) is 0 Å². The molecular weight excluding hydrogens is 940 g/mol. The Morgan fingerprint density at radius 2 is 1.45 bits per heavy atom. The summed E-state index contributed by atoms with van der Waals surface area (Å²) in [6.07, 6.45) is -0.162. The normalized spacial score (nSPS) is 15.0. The molecule has 7 aromatic carbocycles. The Kier molecular flexibility index (Phi) is 7.95. The van der Waals surface area contributed by atoms with Crippen LogP contribution in [-0.2, 0) is 32.9 Å². The second-order valence-electron chi connectivity index (χ2n) is 16.1. The molecule has 2 aromatic heterocycles. The fraction of sp³-hybridized carbons (Fsp3) is 0.143. The number of rotatable bonds is 9. The van der Waals surface area contributed by atoms with E-state index < -0.39 is 54.6 Å². The van der Waals surface area contributed by atoms with E-state index in [1.807, 2.05) is 36.5 Å². The molecule has 0 atom stereocenters. The molecule has 5 nitrogen and oxygen atoms in total. The maximum absolute atomic E-state index is 9.50. The van der Waals surface area contributed by atoms with Crippen molar-refractivity contribution in [1.29, 1.82) is 0 Å². The van der Waals surface area contributed by atoms with E-state index in [4.69, 9.17) is 22.1 Å². The van der Waals surface area contributed by atoms with E-state index in [1.165, 1.54) is 4.58 Å². The van der Waals surface area contributed by atoms with Crippen LogP contribution in [0.1, 0.15) is 60.8 Å². The van der Waals surface area contributed by atoms with Gasteiger partial charge in [0.1, 0.15) is 11.5 Å². The Labute approximate surface area is 393 Å². The summed E-state index contributed by atoms with van der Waals surface area (Å²) >= 11 is 0. The third-order valence-corrected chi connectivity index (χ3v) is 10.6. The van der Waals surface area contributed by atoms with E-state index in [9.17, 15) is 2.74 Å². The number of nitrogens with zero attached hydrogens (tertiary/aromatic N) is 4. The number of pyridine rings is 1. The van der Waals surface area contributed by atoms with Crippen LogP contribution in [0.3, 0.4) is 0 Å². The average molecular weight is 997 g/mol. The van der Waals surface area contributed by atoms with Gasteiger partial charge in [0, 0.05) is 37.6 Å². The molecule has 0 saturated carbocycles. The third kappa shape index (κ3) is 7.53. The minimum absolute atomic E-state index is 0. The summed E-state index contributed by atoms with van der Waals surface area (Å²) in [6, 6.07) is 38.5. The van der Waals surface area contributed by atoms with Crippen LogP contribution in [0, 0.1) is 18.1 Å². The van der Waals surface area contributed by atoms with E-state index in [0.29, 0.717) is 22.9 Å². The molecule has 0 saturated heterocycles. The van der Waals surface area contributed by atoms with Crippen LogP contribution in [0.25, 0.3) is 49.9 Å². The van der Waals surface area contributed by atoms with Gasteiger partial charge >= 0.3 is 32.8 Å². The molecule has 62 heavy (non-hydrogen) atoms. The summed E-state index contributed by atoms with van der Waals surface area (Å²) in [5, 5.41) is 1.99. The monoisotopic (exact) mass is 996 g/mol. The van der Waals surface area contributed by atoms with Crippen LogP contribution < -0.4 is 13.9 Å². The van der Waals surface area contributed by atoms with Crippen molar-refractivity contribution in [3.05, 3.63) is 193 Å². The van der Waals surface area contributed by atoms with E-state index in [2.05, 4.69) is 61.7 Å². The van der Waals surface area contributed by atoms with E-state index >= 15 is 0 Å². The summed E-state index contributed by atoms with van der Waals surface area (Å²) in [6.45, 7) is 10.0. The zero-order valence-corrected chi connectivity index (χ0v) is 36.8. The minimum atomic E-state index is -1.98. The molecule has 0 amide bonds. The van der Waals surface area contributed by atoms with E-state index in [0.717, 1.165) is 39.3 Å². The second kappa shape index (κ2) is 16.7. The smallest absolute Gasteiger partial charge is 0.509 e. The van der Waals surface area contributed by atoms with E-state index in [1.54, 1.807) is 73.0 Å². The summed E-state index contributed by atoms with van der Waals surface area (Å²) in [5.41, 5.74) is 4.19. The van der Waals surface area contributed by atoms with Gasteiger partial charge in [-0.05, 0) is 74.7 Å². The Hall–Kier alpha value is -6.64. The number of para-hydroxylation sites is 3. The molecule has 0 spiro atoms. The molecule has 0 aliphatic carbocycles. The first-order valence-corrected chi connectivity index (χ1v) is 20.1. The molecule has 0 radical (unpaired) electrons. The van der Waals surface area contributed by atoms with Crippen LogP contribution in [0.2, 0.25) is 0 Å². The average Bonchev–Trinajstić information content (AvgIpc) is 3.90. The van der Waals surface area contributed by atoms with Crippen molar-refractivity contribution in [3.8, 4) is 39.6 Å². The molecule has 0 bridgehead atoms. The molecule has 0 N–H and O–H groups in total. The fourth-order valence-corrected chi connectivity index (χ4v) is 7.84. The van der Waals surface area contributed by atoms with Crippen molar-refractivity contribution in [2.45, 2.75) is 46.4 Å². The van der Waals surface area contributed by atoms with Crippen LogP contribution >= 0.6 is 0 Å². The molecule has 0 unspecified atom stereocenters. The van der Waals surface area contributed by atoms with Gasteiger partial charge in [0.15, 0.2) is 0 Å². The molecule has 1 aliphatic heterocycles. The number of ether oxygens (including phenoxy) is 1. The van der Waals surface area contributed by atoms with Gasteiger partial charge in [-0.3, -0.25) is 0 Å².